The van der Waals surface area contributed by atoms with Crippen molar-refractivity contribution in [1.82, 2.24) is 5.32 Å². The molecule has 5 heteroatoms. The molecule has 1 heterocycles. The first-order chi connectivity index (χ1) is 13.3. The number of rotatable bonds is 6. The molecule has 1 aliphatic rings. The number of nitrogens with one attached hydrogen (secondary N) is 1. The second-order valence-corrected chi connectivity index (χ2v) is 7.86. The summed E-state index contributed by atoms with van der Waals surface area (Å²) in [7, 11) is 1.61. The van der Waals surface area contributed by atoms with Crippen LogP contribution in [0.3, 0.4) is 0 Å². The van der Waals surface area contributed by atoms with E-state index in [0.29, 0.717) is 24.3 Å². The van der Waals surface area contributed by atoms with Gasteiger partial charge in [-0.1, -0.05) is 30.7 Å². The minimum Gasteiger partial charge on any atom is -0.497 e. The summed E-state index contributed by atoms with van der Waals surface area (Å²) in [5, 5.41) is 3.18. The monoisotopic (exact) mass is 383 g/mol. The predicted molar refractivity (Wildman–Crippen MR) is 109 cm³/mol. The average Bonchev–Trinajstić information content (AvgIpc) is 2.66. The summed E-state index contributed by atoms with van der Waals surface area (Å²) < 4.78 is 17.3. The fourth-order valence-electron chi connectivity index (χ4n) is 3.53. The molecular weight excluding hydrogens is 354 g/mol. The number of methoxy groups -OCH3 is 1. The van der Waals surface area contributed by atoms with Crippen LogP contribution in [0.5, 0.6) is 17.2 Å². The van der Waals surface area contributed by atoms with Gasteiger partial charge in [0.05, 0.1) is 13.2 Å². The summed E-state index contributed by atoms with van der Waals surface area (Å²) >= 11 is 0. The standard InChI is InChI=1S/C23H29NO4/c1-6-20(27-17-9-7-8-16(13-17)26-5)22(25)24-19-14-23(3,4)28-21-11-10-15(2)12-18(19)21/h7-13,19-20H,6,14H2,1-5H3,(H,24,25)/t19-,20+/m1/s1. The Kier molecular flexibility index (Phi) is 5.82. The lowest BCUT2D eigenvalue weighted by atomic mass is 9.88. The molecule has 0 spiro atoms. The summed E-state index contributed by atoms with van der Waals surface area (Å²) in [4.78, 5) is 13.0. The highest BCUT2D eigenvalue weighted by Gasteiger charge is 2.35. The van der Waals surface area contributed by atoms with E-state index >= 15 is 0 Å². The number of benzene rings is 2. The van der Waals surface area contributed by atoms with Crippen molar-refractivity contribution in [3.8, 4) is 17.2 Å². The molecule has 3 rings (SSSR count). The average molecular weight is 383 g/mol. The highest BCUT2D eigenvalue weighted by molar-refractivity contribution is 5.81. The van der Waals surface area contributed by atoms with Crippen molar-refractivity contribution in [1.29, 1.82) is 0 Å². The van der Waals surface area contributed by atoms with Crippen LogP contribution in [0.1, 0.15) is 50.8 Å². The van der Waals surface area contributed by atoms with Gasteiger partial charge in [-0.25, -0.2) is 0 Å². The Bertz CT molecular complexity index is 846. The van der Waals surface area contributed by atoms with Crippen molar-refractivity contribution in [3.63, 3.8) is 0 Å². The summed E-state index contributed by atoms with van der Waals surface area (Å²) in [6.07, 6.45) is 0.688. The molecular formula is C23H29NO4. The van der Waals surface area contributed by atoms with E-state index in [0.717, 1.165) is 16.9 Å². The van der Waals surface area contributed by atoms with E-state index < -0.39 is 6.10 Å². The van der Waals surface area contributed by atoms with Crippen LogP contribution in [0.15, 0.2) is 42.5 Å². The zero-order valence-corrected chi connectivity index (χ0v) is 17.2. The van der Waals surface area contributed by atoms with Crippen LogP contribution in [-0.4, -0.2) is 24.7 Å². The van der Waals surface area contributed by atoms with Gasteiger partial charge in [-0.3, -0.25) is 4.79 Å². The Morgan fingerprint density at radius 3 is 2.71 bits per heavy atom. The number of carbonyl (C=O) groups is 1. The molecule has 2 aromatic carbocycles. The summed E-state index contributed by atoms with van der Waals surface area (Å²) in [5.41, 5.74) is 1.81. The Morgan fingerprint density at radius 1 is 1.25 bits per heavy atom. The fraction of sp³-hybridized carbons (Fsp3) is 0.435. The molecule has 0 bridgehead atoms. The van der Waals surface area contributed by atoms with Crippen LogP contribution < -0.4 is 19.5 Å². The largest absolute Gasteiger partial charge is 0.497 e. The second-order valence-electron chi connectivity index (χ2n) is 7.86. The fourth-order valence-corrected chi connectivity index (χ4v) is 3.53. The highest BCUT2D eigenvalue weighted by atomic mass is 16.5. The van der Waals surface area contributed by atoms with Crippen LogP contribution in [0, 0.1) is 6.92 Å². The number of fused-ring (bicyclic) bond motifs is 1. The van der Waals surface area contributed by atoms with Crippen LogP contribution in [0.25, 0.3) is 0 Å². The molecule has 2 aromatic rings. The number of hydrogen-bond donors (Lipinski definition) is 1. The number of hydrogen-bond acceptors (Lipinski definition) is 4. The van der Waals surface area contributed by atoms with Crippen LogP contribution in [0.4, 0.5) is 0 Å². The van der Waals surface area contributed by atoms with E-state index in [-0.39, 0.29) is 17.6 Å². The van der Waals surface area contributed by atoms with Gasteiger partial charge in [-0.05, 0) is 45.4 Å². The highest BCUT2D eigenvalue weighted by Crippen LogP contribution is 2.40. The molecule has 2 atom stereocenters. The van der Waals surface area contributed by atoms with Gasteiger partial charge in [0, 0.05) is 18.1 Å². The molecule has 0 aliphatic carbocycles. The maximum atomic E-state index is 13.0. The van der Waals surface area contributed by atoms with Crippen molar-refractivity contribution in [2.75, 3.05) is 7.11 Å². The molecule has 0 saturated heterocycles. The zero-order chi connectivity index (χ0) is 20.3. The second kappa shape index (κ2) is 8.13. The van der Waals surface area contributed by atoms with E-state index in [1.165, 1.54) is 0 Å². The maximum Gasteiger partial charge on any atom is 0.261 e. The number of aryl methyl sites for hydroxylation is 1. The van der Waals surface area contributed by atoms with Gasteiger partial charge in [0.1, 0.15) is 22.8 Å². The minimum atomic E-state index is -0.577. The van der Waals surface area contributed by atoms with Gasteiger partial charge in [-0.15, -0.1) is 0 Å². The van der Waals surface area contributed by atoms with Crippen LogP contribution in [-0.2, 0) is 4.79 Å². The molecule has 0 radical (unpaired) electrons. The Morgan fingerprint density at radius 2 is 2.00 bits per heavy atom. The van der Waals surface area contributed by atoms with E-state index in [9.17, 15) is 4.79 Å². The van der Waals surface area contributed by atoms with Crippen molar-refractivity contribution in [2.24, 2.45) is 0 Å². The molecule has 1 aliphatic heterocycles. The summed E-state index contributed by atoms with van der Waals surface area (Å²) in [6, 6.07) is 13.3. The first kappa shape index (κ1) is 20.1. The third-order valence-corrected chi connectivity index (χ3v) is 4.92. The first-order valence-electron chi connectivity index (χ1n) is 9.72. The Labute approximate surface area is 167 Å². The van der Waals surface area contributed by atoms with Gasteiger partial charge < -0.3 is 19.5 Å². The van der Waals surface area contributed by atoms with Crippen molar-refractivity contribution in [2.45, 2.75) is 58.3 Å². The summed E-state index contributed by atoms with van der Waals surface area (Å²) in [5.74, 6) is 2.02. The molecule has 28 heavy (non-hydrogen) atoms. The quantitative estimate of drug-likeness (QED) is 0.793. The normalized spacial score (nSPS) is 18.4. The van der Waals surface area contributed by atoms with Crippen molar-refractivity contribution >= 4 is 5.91 Å². The lowest BCUT2D eigenvalue weighted by molar-refractivity contribution is -0.129. The first-order valence-corrected chi connectivity index (χ1v) is 9.72. The minimum absolute atomic E-state index is 0.117. The molecule has 5 nitrogen and oxygen atoms in total. The van der Waals surface area contributed by atoms with Crippen LogP contribution in [0.2, 0.25) is 0 Å². The molecule has 0 unspecified atom stereocenters. The molecule has 1 N–H and O–H groups in total. The zero-order valence-electron chi connectivity index (χ0n) is 17.2. The third kappa shape index (κ3) is 4.58. The van der Waals surface area contributed by atoms with Gasteiger partial charge >= 0.3 is 0 Å². The number of carbonyl (C=O) groups excluding carboxylic acids is 1. The van der Waals surface area contributed by atoms with Gasteiger partial charge in [0.2, 0.25) is 0 Å². The van der Waals surface area contributed by atoms with E-state index in [1.54, 1.807) is 13.2 Å². The van der Waals surface area contributed by atoms with E-state index in [4.69, 9.17) is 14.2 Å². The molecule has 1 amide bonds. The summed E-state index contributed by atoms with van der Waals surface area (Å²) in [6.45, 7) is 8.06. The Balaban J connectivity index is 1.77. The maximum absolute atomic E-state index is 13.0. The smallest absolute Gasteiger partial charge is 0.261 e. The Hall–Kier alpha value is -2.69. The SMILES string of the molecule is CC[C@H](Oc1cccc(OC)c1)C(=O)N[C@@H]1CC(C)(C)Oc2ccc(C)cc21. The number of amides is 1. The molecule has 0 saturated carbocycles. The predicted octanol–water partition coefficient (Wildman–Crippen LogP) is 4.58. The van der Waals surface area contributed by atoms with E-state index in [2.05, 4.69) is 11.4 Å². The number of ether oxygens (including phenoxy) is 3. The molecule has 0 aromatic heterocycles. The van der Waals surface area contributed by atoms with E-state index in [1.807, 2.05) is 58.0 Å². The topological polar surface area (TPSA) is 56.8 Å². The molecule has 150 valence electrons. The lowest BCUT2D eigenvalue weighted by Gasteiger charge is -2.38. The van der Waals surface area contributed by atoms with Gasteiger partial charge in [0.25, 0.3) is 5.91 Å². The molecule has 0 fully saturated rings. The van der Waals surface area contributed by atoms with Crippen molar-refractivity contribution < 1.29 is 19.0 Å². The lowest BCUT2D eigenvalue weighted by Crippen LogP contribution is -2.45. The van der Waals surface area contributed by atoms with Gasteiger partial charge in [0.15, 0.2) is 6.10 Å². The third-order valence-electron chi connectivity index (χ3n) is 4.92. The van der Waals surface area contributed by atoms with Crippen molar-refractivity contribution in [3.05, 3.63) is 53.6 Å². The van der Waals surface area contributed by atoms with Crippen LogP contribution >= 0.6 is 0 Å². The van der Waals surface area contributed by atoms with Gasteiger partial charge in [-0.2, -0.15) is 0 Å².